The molecule has 0 spiro atoms. The third-order valence-corrected chi connectivity index (χ3v) is 13.2. The van der Waals surface area contributed by atoms with Crippen LogP contribution in [0.5, 0.6) is 5.75 Å². The maximum absolute atomic E-state index is 13.4. The van der Waals surface area contributed by atoms with E-state index in [1.807, 2.05) is 48.2 Å². The van der Waals surface area contributed by atoms with Crippen LogP contribution in [-0.4, -0.2) is 126 Å². The van der Waals surface area contributed by atoms with E-state index < -0.39 is 29.7 Å². The van der Waals surface area contributed by atoms with E-state index in [4.69, 9.17) is 21.9 Å². The summed E-state index contributed by atoms with van der Waals surface area (Å²) in [5, 5.41) is 5.51. The first-order chi connectivity index (χ1) is 31.0. The monoisotopic (exact) mass is 872 g/mol. The number of piperazine rings is 2. The molecule has 0 saturated carbocycles. The molecule has 8 N–H and O–H groups in total. The van der Waals surface area contributed by atoms with Crippen LogP contribution >= 0.6 is 0 Å². The van der Waals surface area contributed by atoms with Crippen molar-refractivity contribution in [3.05, 3.63) is 107 Å². The summed E-state index contributed by atoms with van der Waals surface area (Å²) in [4.78, 5) is 73.7. The van der Waals surface area contributed by atoms with Crippen LogP contribution in [0.4, 0.5) is 11.4 Å². The Morgan fingerprint density at radius 2 is 1.59 bits per heavy atom. The Kier molecular flexibility index (Phi) is 13.4. The van der Waals surface area contributed by atoms with E-state index in [1.54, 1.807) is 18.2 Å². The lowest BCUT2D eigenvalue weighted by molar-refractivity contribution is -0.136. The summed E-state index contributed by atoms with van der Waals surface area (Å²) in [5.74, 6) is -0.832. The van der Waals surface area contributed by atoms with Crippen LogP contribution < -0.4 is 37.5 Å². The Labute approximate surface area is 374 Å². The van der Waals surface area contributed by atoms with Gasteiger partial charge >= 0.3 is 0 Å². The molecule has 5 aliphatic rings. The number of aryl methyl sites for hydroxylation is 1. The van der Waals surface area contributed by atoms with E-state index in [-0.39, 0.29) is 35.7 Å². The second-order valence-corrected chi connectivity index (χ2v) is 17.4. The predicted molar refractivity (Wildman–Crippen MR) is 245 cm³/mol. The van der Waals surface area contributed by atoms with Gasteiger partial charge in [0.05, 0.1) is 16.8 Å². The third-order valence-electron chi connectivity index (χ3n) is 13.2. The quantitative estimate of drug-likeness (QED) is 0.0796. The molecule has 338 valence electrons. The van der Waals surface area contributed by atoms with E-state index >= 15 is 0 Å². The summed E-state index contributed by atoms with van der Waals surface area (Å²) >= 11 is 0. The highest BCUT2D eigenvalue weighted by atomic mass is 16.5. The van der Waals surface area contributed by atoms with Gasteiger partial charge < -0.3 is 42.0 Å². The number of likely N-dealkylation sites (tertiary alicyclic amines) is 1. The number of hydrogen-bond donors (Lipinski definition) is 5. The maximum Gasteiger partial charge on any atom is 0.264 e. The first kappa shape index (κ1) is 44.1. The van der Waals surface area contributed by atoms with E-state index in [9.17, 15) is 24.0 Å². The van der Waals surface area contributed by atoms with E-state index in [1.165, 1.54) is 0 Å². The zero-order valence-corrected chi connectivity index (χ0v) is 36.6. The fourth-order valence-electron chi connectivity index (χ4n) is 9.87. The summed E-state index contributed by atoms with van der Waals surface area (Å²) < 4.78 is 6.29. The van der Waals surface area contributed by atoms with E-state index in [0.717, 1.165) is 98.0 Å². The molecule has 4 saturated heterocycles. The molecular weight excluding hydrogens is 813 g/mol. The van der Waals surface area contributed by atoms with Crippen molar-refractivity contribution in [2.24, 2.45) is 17.2 Å². The molecule has 3 aromatic carbocycles. The standard InChI is InChI=1S/C48H60N10O6/c1-31-9-4-5-12-36(31)38(49)28-41(45(50)51)56-29-33-16-17-34(30-56)57(33)32-10-7-11-35(27-32)64-26-25-54-21-23-55(24-22-54)43(60)15-3-2-6-20-52-39-14-8-13-37-44(39)48(63)58(47(37)62)40-18-19-42(59)53-46(40)61/h4-5,7-14,27-28,33-34,40,52H,2-3,6,15-26,29-30,49-51H2,1H3,(H,53,59,61)/b38-28-. The number of ether oxygens (including phenoxy) is 1. The summed E-state index contributed by atoms with van der Waals surface area (Å²) in [6.45, 7) is 8.49. The summed E-state index contributed by atoms with van der Waals surface area (Å²) in [7, 11) is 0. The highest BCUT2D eigenvalue weighted by Crippen LogP contribution is 2.38. The molecule has 0 radical (unpaired) electrons. The molecule has 5 aliphatic heterocycles. The Morgan fingerprint density at radius 1 is 0.844 bits per heavy atom. The number of anilines is 2. The molecular formula is C48H60N10O6. The van der Waals surface area contributed by atoms with Crippen molar-refractivity contribution in [1.29, 1.82) is 0 Å². The van der Waals surface area contributed by atoms with Crippen LogP contribution in [0.2, 0.25) is 0 Å². The van der Waals surface area contributed by atoms with Gasteiger partial charge in [0.2, 0.25) is 17.7 Å². The highest BCUT2D eigenvalue weighted by Gasteiger charge is 2.46. The fourth-order valence-corrected chi connectivity index (χ4v) is 9.87. The Hall–Kier alpha value is -6.55. The van der Waals surface area contributed by atoms with Crippen molar-refractivity contribution < 1.29 is 28.7 Å². The lowest BCUT2D eigenvalue weighted by Crippen LogP contribution is -2.54. The van der Waals surface area contributed by atoms with Gasteiger partial charge in [0.25, 0.3) is 11.8 Å². The number of hydrogen-bond acceptors (Lipinski definition) is 13. The Bertz CT molecular complexity index is 2320. The number of amides is 5. The number of nitrogens with zero attached hydrogens (tertiary/aromatic N) is 5. The van der Waals surface area contributed by atoms with Crippen molar-refractivity contribution in [2.75, 3.05) is 69.2 Å². The number of piperidine rings is 1. The van der Waals surface area contributed by atoms with Gasteiger partial charge in [0.15, 0.2) is 0 Å². The molecule has 16 nitrogen and oxygen atoms in total. The fraction of sp³-hybridized carbons (Fsp3) is 0.438. The van der Waals surface area contributed by atoms with Crippen LogP contribution in [0.25, 0.3) is 5.70 Å². The molecule has 3 atom stereocenters. The van der Waals surface area contributed by atoms with Gasteiger partial charge in [0.1, 0.15) is 24.2 Å². The second-order valence-electron chi connectivity index (χ2n) is 17.4. The molecule has 8 rings (SSSR count). The summed E-state index contributed by atoms with van der Waals surface area (Å²) in [5.41, 5.74) is 24.7. The minimum atomic E-state index is -1.01. The Morgan fingerprint density at radius 3 is 2.33 bits per heavy atom. The van der Waals surface area contributed by atoms with Crippen molar-refractivity contribution in [3.63, 3.8) is 0 Å². The smallest absolute Gasteiger partial charge is 0.264 e. The maximum atomic E-state index is 13.4. The topological polar surface area (TPSA) is 213 Å². The summed E-state index contributed by atoms with van der Waals surface area (Å²) in [6.07, 6.45) is 7.08. The van der Waals surface area contributed by atoms with Gasteiger partial charge in [-0.05, 0) is 74.9 Å². The van der Waals surface area contributed by atoms with Crippen molar-refractivity contribution in [1.82, 2.24) is 24.9 Å². The molecule has 3 aromatic rings. The molecule has 5 heterocycles. The zero-order valence-electron chi connectivity index (χ0n) is 36.6. The number of allylic oxidation sites excluding steroid dienone is 1. The van der Waals surface area contributed by atoms with Gasteiger partial charge in [-0.25, -0.2) is 0 Å². The minimum Gasteiger partial charge on any atom is -0.492 e. The summed E-state index contributed by atoms with van der Waals surface area (Å²) in [6, 6.07) is 21.1. The molecule has 64 heavy (non-hydrogen) atoms. The number of fused-ring (bicyclic) bond motifs is 3. The lowest BCUT2D eigenvalue weighted by atomic mass is 10.0. The molecule has 16 heteroatoms. The SMILES string of the molecule is Cc1ccccc1/C(N)=C/C(=C(N)N)N1CC2CCC(C1)N2c1cccc(OCCN2CCN(C(=O)CCCCCNc3cccc4c3C(=O)N(C3CCC(=O)NC3=O)C4=O)CC2)c1. The average Bonchev–Trinajstić information content (AvgIpc) is 3.70. The minimum absolute atomic E-state index is 0.0700. The van der Waals surface area contributed by atoms with Crippen LogP contribution in [-0.2, 0) is 14.4 Å². The Balaban J connectivity index is 0.732. The van der Waals surface area contributed by atoms with Crippen LogP contribution in [0, 0.1) is 6.92 Å². The molecule has 5 amide bonds. The highest BCUT2D eigenvalue weighted by molar-refractivity contribution is 6.25. The first-order valence-electron chi connectivity index (χ1n) is 22.6. The van der Waals surface area contributed by atoms with Crippen molar-refractivity contribution in [2.45, 2.75) is 76.4 Å². The van der Waals surface area contributed by atoms with Gasteiger partial charge in [-0.1, -0.05) is 42.8 Å². The lowest BCUT2D eigenvalue weighted by Gasteiger charge is -2.44. The van der Waals surface area contributed by atoms with Gasteiger partial charge in [0, 0.05) is 106 Å². The van der Waals surface area contributed by atoms with Crippen LogP contribution in [0.15, 0.2) is 84.3 Å². The predicted octanol–water partition coefficient (Wildman–Crippen LogP) is 3.33. The molecule has 0 aliphatic carbocycles. The molecule has 3 unspecified atom stereocenters. The van der Waals surface area contributed by atoms with Crippen LogP contribution in [0.3, 0.4) is 0 Å². The number of nitrogens with two attached hydrogens (primary N) is 3. The number of carbonyl (C=O) groups is 5. The average molecular weight is 873 g/mol. The zero-order chi connectivity index (χ0) is 44.9. The van der Waals surface area contributed by atoms with Gasteiger partial charge in [-0.3, -0.25) is 39.1 Å². The number of imide groups is 2. The van der Waals surface area contributed by atoms with Gasteiger partial charge in [-0.15, -0.1) is 0 Å². The number of carbonyl (C=O) groups excluding carboxylic acids is 5. The second kappa shape index (κ2) is 19.5. The molecule has 0 aromatic heterocycles. The van der Waals surface area contributed by atoms with E-state index in [0.29, 0.717) is 56.1 Å². The normalized spacial score (nSPS) is 21.3. The number of benzene rings is 3. The van der Waals surface area contributed by atoms with Gasteiger partial charge in [-0.2, -0.15) is 0 Å². The molecule has 2 bridgehead atoms. The third kappa shape index (κ3) is 9.51. The number of nitrogens with one attached hydrogen (secondary N) is 2. The van der Waals surface area contributed by atoms with E-state index in [2.05, 4.69) is 43.5 Å². The van der Waals surface area contributed by atoms with Crippen molar-refractivity contribution in [3.8, 4) is 5.75 Å². The first-order valence-corrected chi connectivity index (χ1v) is 22.6. The largest absolute Gasteiger partial charge is 0.492 e. The molecule has 4 fully saturated rings. The van der Waals surface area contributed by atoms with Crippen molar-refractivity contribution >= 4 is 46.6 Å². The number of rotatable bonds is 16. The van der Waals surface area contributed by atoms with Crippen LogP contribution in [0.1, 0.15) is 83.2 Å². The number of unbranched alkanes of at least 4 members (excludes halogenated alkanes) is 2.